The molecule has 1 saturated heterocycles. The van der Waals surface area contributed by atoms with E-state index in [0.29, 0.717) is 6.54 Å². The molecule has 0 saturated carbocycles. The maximum Gasteiger partial charge on any atom is 0.0743 e. The molecular formula is C13H16N2OS. The molecule has 0 bridgehead atoms. The molecule has 1 aliphatic rings. The van der Waals surface area contributed by atoms with Crippen molar-refractivity contribution in [1.82, 2.24) is 4.90 Å². The highest BCUT2D eigenvalue weighted by Crippen LogP contribution is 2.09. The molecule has 0 aliphatic carbocycles. The third kappa shape index (κ3) is 4.02. The zero-order valence-electron chi connectivity index (χ0n) is 9.76. The van der Waals surface area contributed by atoms with Crippen LogP contribution in [0.2, 0.25) is 0 Å². The molecule has 3 nitrogen and oxygen atoms in total. The first-order valence-corrected chi connectivity index (χ1v) is 6.21. The van der Waals surface area contributed by atoms with Crippen LogP contribution in [0.5, 0.6) is 0 Å². The molecule has 4 heteroatoms. The van der Waals surface area contributed by atoms with E-state index in [0.717, 1.165) is 32.8 Å². The van der Waals surface area contributed by atoms with Crippen LogP contribution in [0.25, 0.3) is 0 Å². The molecule has 1 aromatic carbocycles. The average Bonchev–Trinajstić information content (AvgIpc) is 2.39. The number of ether oxygens (including phenoxy) is 1. The summed E-state index contributed by atoms with van der Waals surface area (Å²) < 4.78 is 5.33. The Morgan fingerprint density at radius 3 is 2.47 bits per heavy atom. The molecule has 17 heavy (non-hydrogen) atoms. The number of morpholine rings is 1. The molecule has 0 radical (unpaired) electrons. The molecule has 0 N–H and O–H groups in total. The summed E-state index contributed by atoms with van der Waals surface area (Å²) >= 11 is 4.55. The van der Waals surface area contributed by atoms with Crippen LogP contribution in [0.1, 0.15) is 11.1 Å². The minimum atomic E-state index is 0.626. The van der Waals surface area contributed by atoms with E-state index >= 15 is 0 Å². The standard InChI is InChI=1S/C13H16N2OS/c17-11-14-9-12-1-3-13(4-2-12)10-15-5-7-16-8-6-15/h1-4H,5-10H2. The van der Waals surface area contributed by atoms with E-state index in [1.165, 1.54) is 11.1 Å². The van der Waals surface area contributed by atoms with E-state index in [4.69, 9.17) is 4.74 Å². The van der Waals surface area contributed by atoms with Crippen molar-refractivity contribution in [3.8, 4) is 0 Å². The molecule has 0 spiro atoms. The van der Waals surface area contributed by atoms with Crippen molar-refractivity contribution in [2.45, 2.75) is 13.1 Å². The summed E-state index contributed by atoms with van der Waals surface area (Å²) in [6.07, 6.45) is 0. The van der Waals surface area contributed by atoms with E-state index in [1.54, 1.807) is 0 Å². The van der Waals surface area contributed by atoms with Gasteiger partial charge in [-0.25, -0.2) is 4.99 Å². The molecule has 0 atom stereocenters. The molecule has 0 aromatic heterocycles. The quantitative estimate of drug-likeness (QED) is 0.603. The van der Waals surface area contributed by atoms with Crippen molar-refractivity contribution >= 4 is 17.4 Å². The van der Waals surface area contributed by atoms with Crippen LogP contribution in [0, 0.1) is 0 Å². The molecule has 1 aromatic rings. The maximum atomic E-state index is 5.33. The van der Waals surface area contributed by atoms with Gasteiger partial charge in [-0.15, -0.1) is 0 Å². The lowest BCUT2D eigenvalue weighted by Gasteiger charge is -2.26. The van der Waals surface area contributed by atoms with Crippen LogP contribution < -0.4 is 0 Å². The van der Waals surface area contributed by atoms with Gasteiger partial charge in [-0.05, 0) is 23.3 Å². The Labute approximate surface area is 107 Å². The first-order valence-electron chi connectivity index (χ1n) is 5.80. The van der Waals surface area contributed by atoms with Crippen molar-refractivity contribution in [3.05, 3.63) is 35.4 Å². The predicted octanol–water partition coefficient (Wildman–Crippen LogP) is 2.12. The van der Waals surface area contributed by atoms with E-state index in [-0.39, 0.29) is 0 Å². The Bertz CT molecular complexity index is 392. The monoisotopic (exact) mass is 248 g/mol. The molecule has 1 heterocycles. The van der Waals surface area contributed by atoms with Gasteiger partial charge in [0.05, 0.1) is 24.9 Å². The van der Waals surface area contributed by atoms with Crippen LogP contribution in [0.15, 0.2) is 29.3 Å². The van der Waals surface area contributed by atoms with E-state index in [2.05, 4.69) is 51.5 Å². The lowest BCUT2D eigenvalue weighted by atomic mass is 10.1. The minimum Gasteiger partial charge on any atom is -0.379 e. The maximum absolute atomic E-state index is 5.33. The van der Waals surface area contributed by atoms with E-state index < -0.39 is 0 Å². The van der Waals surface area contributed by atoms with Crippen molar-refractivity contribution in [2.75, 3.05) is 26.3 Å². The van der Waals surface area contributed by atoms with Crippen LogP contribution in [-0.4, -0.2) is 36.4 Å². The van der Waals surface area contributed by atoms with Gasteiger partial charge < -0.3 is 4.74 Å². The molecule has 1 fully saturated rings. The summed E-state index contributed by atoms with van der Waals surface area (Å²) in [6, 6.07) is 8.52. The van der Waals surface area contributed by atoms with Crippen LogP contribution in [-0.2, 0) is 17.8 Å². The number of hydrogen-bond acceptors (Lipinski definition) is 4. The highest BCUT2D eigenvalue weighted by atomic mass is 32.1. The highest BCUT2D eigenvalue weighted by molar-refractivity contribution is 7.78. The summed E-state index contributed by atoms with van der Waals surface area (Å²) in [7, 11) is 0. The van der Waals surface area contributed by atoms with E-state index in [9.17, 15) is 0 Å². The minimum absolute atomic E-state index is 0.626. The molecule has 2 rings (SSSR count). The van der Waals surface area contributed by atoms with Crippen molar-refractivity contribution < 1.29 is 4.74 Å². The summed E-state index contributed by atoms with van der Waals surface area (Å²) in [6.45, 7) is 5.37. The first kappa shape index (κ1) is 12.4. The normalized spacial score (nSPS) is 16.5. The lowest BCUT2D eigenvalue weighted by molar-refractivity contribution is 0.0342. The van der Waals surface area contributed by atoms with Gasteiger partial charge in [0.1, 0.15) is 0 Å². The fraction of sp³-hybridized carbons (Fsp3) is 0.462. The summed E-state index contributed by atoms with van der Waals surface area (Å²) in [5.41, 5.74) is 2.51. The second-order valence-electron chi connectivity index (χ2n) is 4.11. The smallest absolute Gasteiger partial charge is 0.0743 e. The molecular weight excluding hydrogens is 232 g/mol. The van der Waals surface area contributed by atoms with Gasteiger partial charge in [0.2, 0.25) is 0 Å². The largest absolute Gasteiger partial charge is 0.379 e. The number of aliphatic imine (C=N–C) groups is 1. The van der Waals surface area contributed by atoms with Crippen molar-refractivity contribution in [3.63, 3.8) is 0 Å². The number of thiocarbonyl (C=S) groups is 1. The zero-order chi connectivity index (χ0) is 11.9. The summed E-state index contributed by atoms with van der Waals surface area (Å²) in [5, 5.41) is 2.38. The Morgan fingerprint density at radius 1 is 1.18 bits per heavy atom. The third-order valence-electron chi connectivity index (χ3n) is 2.86. The number of benzene rings is 1. The van der Waals surface area contributed by atoms with E-state index in [1.807, 2.05) is 0 Å². The number of hydrogen-bond donors (Lipinski definition) is 0. The second kappa shape index (κ2) is 6.62. The fourth-order valence-electron chi connectivity index (χ4n) is 1.89. The van der Waals surface area contributed by atoms with Crippen LogP contribution in [0.4, 0.5) is 0 Å². The highest BCUT2D eigenvalue weighted by Gasteiger charge is 2.10. The van der Waals surface area contributed by atoms with Gasteiger partial charge in [-0.3, -0.25) is 4.90 Å². The molecule has 90 valence electrons. The fourth-order valence-corrected chi connectivity index (χ4v) is 1.96. The molecule has 1 aliphatic heterocycles. The van der Waals surface area contributed by atoms with Crippen LogP contribution >= 0.6 is 12.2 Å². The Morgan fingerprint density at radius 2 is 1.82 bits per heavy atom. The Kier molecular flexibility index (Phi) is 4.83. The zero-order valence-corrected chi connectivity index (χ0v) is 10.6. The summed E-state index contributed by atoms with van der Waals surface area (Å²) in [5.74, 6) is 0. The summed E-state index contributed by atoms with van der Waals surface area (Å²) in [4.78, 5) is 6.34. The number of isothiocyanates is 1. The van der Waals surface area contributed by atoms with Gasteiger partial charge in [-0.1, -0.05) is 24.3 Å². The van der Waals surface area contributed by atoms with Gasteiger partial charge >= 0.3 is 0 Å². The molecule has 0 unspecified atom stereocenters. The van der Waals surface area contributed by atoms with Crippen molar-refractivity contribution in [1.29, 1.82) is 0 Å². The topological polar surface area (TPSA) is 24.8 Å². The Balaban J connectivity index is 1.90. The van der Waals surface area contributed by atoms with Gasteiger partial charge in [0, 0.05) is 19.6 Å². The van der Waals surface area contributed by atoms with Gasteiger partial charge in [0.15, 0.2) is 0 Å². The molecule has 0 amide bonds. The SMILES string of the molecule is S=C=NCc1ccc(CN2CCOCC2)cc1. The first-order chi connectivity index (χ1) is 8.38. The third-order valence-corrected chi connectivity index (χ3v) is 2.99. The lowest BCUT2D eigenvalue weighted by Crippen LogP contribution is -2.35. The second-order valence-corrected chi connectivity index (χ2v) is 4.30. The number of nitrogens with zero attached hydrogens (tertiary/aromatic N) is 2. The van der Waals surface area contributed by atoms with Gasteiger partial charge in [-0.2, -0.15) is 0 Å². The van der Waals surface area contributed by atoms with Crippen LogP contribution in [0.3, 0.4) is 0 Å². The predicted molar refractivity (Wildman–Crippen MR) is 71.3 cm³/mol. The average molecular weight is 248 g/mol. The van der Waals surface area contributed by atoms with Gasteiger partial charge in [0.25, 0.3) is 0 Å². The Hall–Kier alpha value is -1.06. The number of rotatable bonds is 4. The van der Waals surface area contributed by atoms with Crippen molar-refractivity contribution in [2.24, 2.45) is 4.99 Å².